The van der Waals surface area contributed by atoms with Crippen LogP contribution in [0.4, 0.5) is 5.69 Å². The Morgan fingerprint density at radius 2 is 1.83 bits per heavy atom. The Morgan fingerprint density at radius 3 is 2.39 bits per heavy atom. The summed E-state index contributed by atoms with van der Waals surface area (Å²) in [6, 6.07) is 14.4. The summed E-state index contributed by atoms with van der Waals surface area (Å²) in [6.45, 7) is 0. The molecule has 2 aromatic carbocycles. The van der Waals surface area contributed by atoms with Crippen LogP contribution in [0.3, 0.4) is 0 Å². The molecule has 0 N–H and O–H groups in total. The predicted octanol–water partition coefficient (Wildman–Crippen LogP) is 3.13. The van der Waals surface area contributed by atoms with Crippen molar-refractivity contribution in [1.82, 2.24) is 0 Å². The normalized spacial score (nSPS) is 12.0. The first kappa shape index (κ1) is 16.3. The first-order valence-corrected chi connectivity index (χ1v) is 6.69. The average molecular weight is 314 g/mol. The van der Waals surface area contributed by atoms with Crippen LogP contribution in [0.5, 0.6) is 0 Å². The van der Waals surface area contributed by atoms with Crippen LogP contribution in [-0.2, 0) is 9.57 Å². The van der Waals surface area contributed by atoms with Crippen LogP contribution in [0.2, 0.25) is 0 Å². The van der Waals surface area contributed by atoms with Crippen molar-refractivity contribution >= 4 is 17.9 Å². The number of ether oxygens (including phenoxy) is 1. The number of nitro benzene ring substituents is 1. The van der Waals surface area contributed by atoms with Crippen LogP contribution in [0.1, 0.15) is 22.0 Å². The topological polar surface area (TPSA) is 91.0 Å². The smallest absolute Gasteiger partial charge is 0.365 e. The van der Waals surface area contributed by atoms with Crippen molar-refractivity contribution in [2.24, 2.45) is 5.16 Å². The molecule has 0 aliphatic rings. The molecule has 2 aromatic rings. The molecule has 7 nitrogen and oxygen atoms in total. The minimum Gasteiger partial charge on any atom is -0.371 e. The molecule has 0 radical (unpaired) electrons. The maximum atomic E-state index is 11.8. The Kier molecular flexibility index (Phi) is 5.54. The third kappa shape index (κ3) is 4.45. The van der Waals surface area contributed by atoms with Crippen LogP contribution in [-0.4, -0.2) is 24.2 Å². The number of methoxy groups -OCH3 is 1. The fourth-order valence-corrected chi connectivity index (χ4v) is 1.83. The van der Waals surface area contributed by atoms with Gasteiger partial charge in [-0.15, -0.1) is 0 Å². The van der Waals surface area contributed by atoms with Gasteiger partial charge in [0.2, 0.25) is 0 Å². The number of oxime groups is 1. The number of nitro groups is 1. The molecule has 118 valence electrons. The van der Waals surface area contributed by atoms with E-state index in [4.69, 9.17) is 9.57 Å². The standard InChI is InChI=1S/C16H14N2O5/c1-22-15(12-5-3-2-4-6-12)11-17-23-16(19)13-7-9-14(10-8-13)18(20)21/h2-11,15H,1H3/b17-11+. The monoisotopic (exact) mass is 314 g/mol. The molecule has 1 atom stereocenters. The van der Waals surface area contributed by atoms with Gasteiger partial charge in [0.05, 0.1) is 16.7 Å². The number of non-ortho nitro benzene ring substituents is 1. The molecule has 1 unspecified atom stereocenters. The van der Waals surface area contributed by atoms with Crippen LogP contribution in [0.25, 0.3) is 0 Å². The largest absolute Gasteiger partial charge is 0.371 e. The van der Waals surface area contributed by atoms with E-state index in [2.05, 4.69) is 5.16 Å². The highest BCUT2D eigenvalue weighted by Gasteiger charge is 2.11. The van der Waals surface area contributed by atoms with Gasteiger partial charge in [0, 0.05) is 19.2 Å². The number of hydrogen-bond donors (Lipinski definition) is 0. The lowest BCUT2D eigenvalue weighted by Crippen LogP contribution is -2.05. The van der Waals surface area contributed by atoms with Gasteiger partial charge < -0.3 is 9.57 Å². The van der Waals surface area contributed by atoms with E-state index in [1.807, 2.05) is 30.3 Å². The number of hydrogen-bond acceptors (Lipinski definition) is 6. The van der Waals surface area contributed by atoms with Crippen molar-refractivity contribution < 1.29 is 19.3 Å². The van der Waals surface area contributed by atoms with Gasteiger partial charge in [-0.1, -0.05) is 35.5 Å². The second kappa shape index (κ2) is 7.81. The van der Waals surface area contributed by atoms with E-state index < -0.39 is 17.0 Å². The van der Waals surface area contributed by atoms with E-state index in [1.54, 1.807) is 0 Å². The molecule has 0 heterocycles. The number of rotatable bonds is 6. The van der Waals surface area contributed by atoms with Crippen molar-refractivity contribution in [2.45, 2.75) is 6.10 Å². The van der Waals surface area contributed by atoms with Gasteiger partial charge in [-0.3, -0.25) is 10.1 Å². The lowest BCUT2D eigenvalue weighted by Gasteiger charge is -2.09. The molecule has 0 aliphatic carbocycles. The molecular formula is C16H14N2O5. The highest BCUT2D eigenvalue weighted by atomic mass is 16.7. The van der Waals surface area contributed by atoms with Crippen LogP contribution >= 0.6 is 0 Å². The zero-order valence-corrected chi connectivity index (χ0v) is 12.3. The number of benzene rings is 2. The van der Waals surface area contributed by atoms with E-state index >= 15 is 0 Å². The molecule has 0 fully saturated rings. The number of carbonyl (C=O) groups excluding carboxylic acids is 1. The van der Waals surface area contributed by atoms with Crippen LogP contribution < -0.4 is 0 Å². The molecular weight excluding hydrogens is 300 g/mol. The van der Waals surface area contributed by atoms with Crippen molar-refractivity contribution in [3.63, 3.8) is 0 Å². The highest BCUT2D eigenvalue weighted by molar-refractivity contribution is 5.89. The highest BCUT2D eigenvalue weighted by Crippen LogP contribution is 2.15. The molecule has 0 aromatic heterocycles. The molecule has 7 heteroatoms. The predicted molar refractivity (Wildman–Crippen MR) is 83.2 cm³/mol. The average Bonchev–Trinajstić information content (AvgIpc) is 2.59. The maximum Gasteiger partial charge on any atom is 0.365 e. The summed E-state index contributed by atoms with van der Waals surface area (Å²) in [5, 5.41) is 14.2. The second-order valence-electron chi connectivity index (χ2n) is 4.50. The summed E-state index contributed by atoms with van der Waals surface area (Å²) in [5.41, 5.74) is 0.931. The summed E-state index contributed by atoms with van der Waals surface area (Å²) >= 11 is 0. The van der Waals surface area contributed by atoms with Gasteiger partial charge in [0.15, 0.2) is 0 Å². The maximum absolute atomic E-state index is 11.8. The van der Waals surface area contributed by atoms with Gasteiger partial charge in [0.1, 0.15) is 6.10 Å². The molecule has 23 heavy (non-hydrogen) atoms. The lowest BCUT2D eigenvalue weighted by molar-refractivity contribution is -0.384. The Balaban J connectivity index is 1.98. The van der Waals surface area contributed by atoms with Crippen molar-refractivity contribution in [1.29, 1.82) is 0 Å². The van der Waals surface area contributed by atoms with Crippen LogP contribution in [0.15, 0.2) is 59.8 Å². The third-order valence-corrected chi connectivity index (χ3v) is 3.03. The Hall–Kier alpha value is -3.06. The lowest BCUT2D eigenvalue weighted by atomic mass is 10.1. The molecule has 0 saturated carbocycles. The molecule has 0 spiro atoms. The zero-order valence-electron chi connectivity index (χ0n) is 12.3. The second-order valence-corrected chi connectivity index (χ2v) is 4.50. The zero-order chi connectivity index (χ0) is 16.7. The fraction of sp³-hybridized carbons (Fsp3) is 0.125. The number of nitrogens with zero attached hydrogens (tertiary/aromatic N) is 2. The van der Waals surface area contributed by atoms with Gasteiger partial charge in [-0.2, -0.15) is 0 Å². The summed E-state index contributed by atoms with van der Waals surface area (Å²) in [5.74, 6) is -0.709. The van der Waals surface area contributed by atoms with Gasteiger partial charge >= 0.3 is 5.97 Å². The van der Waals surface area contributed by atoms with E-state index in [-0.39, 0.29) is 11.3 Å². The summed E-state index contributed by atoms with van der Waals surface area (Å²) in [4.78, 5) is 26.6. The van der Waals surface area contributed by atoms with Gasteiger partial charge in [-0.25, -0.2) is 4.79 Å². The van der Waals surface area contributed by atoms with E-state index in [0.717, 1.165) is 5.56 Å². The first-order chi connectivity index (χ1) is 11.1. The van der Waals surface area contributed by atoms with Crippen LogP contribution in [0, 0.1) is 10.1 Å². The summed E-state index contributed by atoms with van der Waals surface area (Å²) in [7, 11) is 1.52. The Morgan fingerprint density at radius 1 is 1.17 bits per heavy atom. The van der Waals surface area contributed by atoms with E-state index in [0.29, 0.717) is 0 Å². The van der Waals surface area contributed by atoms with Gasteiger partial charge in [-0.05, 0) is 17.7 Å². The molecule has 0 aliphatic heterocycles. The molecule has 0 bridgehead atoms. The minimum absolute atomic E-state index is 0.103. The van der Waals surface area contributed by atoms with E-state index in [9.17, 15) is 14.9 Å². The summed E-state index contributed by atoms with van der Waals surface area (Å²) < 4.78 is 5.25. The number of carbonyl (C=O) groups is 1. The van der Waals surface area contributed by atoms with Crippen molar-refractivity contribution in [2.75, 3.05) is 7.11 Å². The minimum atomic E-state index is -0.709. The molecule has 2 rings (SSSR count). The fourth-order valence-electron chi connectivity index (χ4n) is 1.83. The van der Waals surface area contributed by atoms with E-state index in [1.165, 1.54) is 37.6 Å². The van der Waals surface area contributed by atoms with Gasteiger partial charge in [0.25, 0.3) is 5.69 Å². The molecule has 0 amide bonds. The summed E-state index contributed by atoms with van der Waals surface area (Å²) in [6.07, 6.45) is 0.916. The Labute approximate surface area is 132 Å². The Bertz CT molecular complexity index is 698. The quantitative estimate of drug-likeness (QED) is 0.353. The first-order valence-electron chi connectivity index (χ1n) is 6.69. The molecule has 0 saturated heterocycles. The van der Waals surface area contributed by atoms with Crippen molar-refractivity contribution in [3.05, 3.63) is 75.8 Å². The van der Waals surface area contributed by atoms with Crippen molar-refractivity contribution in [3.8, 4) is 0 Å². The third-order valence-electron chi connectivity index (χ3n) is 3.03. The SMILES string of the molecule is COC(/C=N/OC(=O)c1ccc([N+](=O)[O-])cc1)c1ccccc1.